The molecule has 1 fully saturated rings. The highest BCUT2D eigenvalue weighted by molar-refractivity contribution is 6.30. The molecule has 0 radical (unpaired) electrons. The molecule has 0 unspecified atom stereocenters. The summed E-state index contributed by atoms with van der Waals surface area (Å²) in [6, 6.07) is 0. The Hall–Kier alpha value is -1.64. The van der Waals surface area contributed by atoms with Crippen molar-refractivity contribution in [2.45, 2.75) is 32.4 Å². The average Bonchev–Trinajstić information content (AvgIpc) is 2.77. The maximum absolute atomic E-state index is 11.1. The first-order valence-electron chi connectivity index (χ1n) is 7.26. The standard InChI is InChI=1S/C13H20ClN3O3.CH2O2/c1-3-10-8(12(14)16(2)15-10)6-17-5-4-11(18)9(7-17)13(19)20;2-1-3/h9,11,18H,3-7H2,1-2H3,(H,19,20);1H,(H,2,3)/t9-,11+;/m1./s1. The van der Waals surface area contributed by atoms with E-state index in [2.05, 4.69) is 5.10 Å². The van der Waals surface area contributed by atoms with E-state index in [-0.39, 0.29) is 6.47 Å². The van der Waals surface area contributed by atoms with Crippen molar-refractivity contribution >= 4 is 24.0 Å². The molecule has 0 aliphatic carbocycles. The van der Waals surface area contributed by atoms with Crippen LogP contribution in [0, 0.1) is 5.92 Å². The number of aromatic nitrogens is 2. The molecule has 2 rings (SSSR count). The molecule has 2 heterocycles. The summed E-state index contributed by atoms with van der Waals surface area (Å²) in [5.41, 5.74) is 1.90. The Morgan fingerprint density at radius 2 is 2.13 bits per heavy atom. The van der Waals surface area contributed by atoms with Gasteiger partial charge in [0, 0.05) is 32.2 Å². The summed E-state index contributed by atoms with van der Waals surface area (Å²) in [4.78, 5) is 21.5. The number of aryl methyl sites for hydroxylation is 2. The van der Waals surface area contributed by atoms with E-state index in [1.165, 1.54) is 0 Å². The van der Waals surface area contributed by atoms with Crippen LogP contribution in [0.25, 0.3) is 0 Å². The van der Waals surface area contributed by atoms with Crippen molar-refractivity contribution in [3.05, 3.63) is 16.4 Å². The largest absolute Gasteiger partial charge is 0.483 e. The van der Waals surface area contributed by atoms with Crippen LogP contribution in [0.15, 0.2) is 0 Å². The summed E-state index contributed by atoms with van der Waals surface area (Å²) < 4.78 is 1.64. The number of halogens is 1. The molecule has 23 heavy (non-hydrogen) atoms. The molecular weight excluding hydrogens is 326 g/mol. The van der Waals surface area contributed by atoms with E-state index in [1.54, 1.807) is 11.7 Å². The van der Waals surface area contributed by atoms with Gasteiger partial charge in [0.05, 0.1) is 17.7 Å². The number of carboxylic acids is 1. The van der Waals surface area contributed by atoms with E-state index in [1.807, 2.05) is 11.8 Å². The van der Waals surface area contributed by atoms with Crippen LogP contribution in [0.1, 0.15) is 24.6 Å². The fraction of sp³-hybridized carbons (Fsp3) is 0.643. The van der Waals surface area contributed by atoms with Crippen molar-refractivity contribution in [2.24, 2.45) is 13.0 Å². The third kappa shape index (κ3) is 4.92. The molecule has 8 nitrogen and oxygen atoms in total. The summed E-state index contributed by atoms with van der Waals surface area (Å²) in [7, 11) is 1.80. The van der Waals surface area contributed by atoms with Gasteiger partial charge in [0.25, 0.3) is 6.47 Å². The number of carbonyl (C=O) groups is 2. The number of rotatable bonds is 4. The predicted octanol–water partition coefficient (Wildman–Crippen LogP) is 0.604. The SMILES string of the molecule is CCc1nn(C)c(Cl)c1CN1CC[C@H](O)[C@H](C(=O)O)C1.O=CO. The number of carboxylic acid groups (broad SMARTS) is 2. The lowest BCUT2D eigenvalue weighted by Crippen LogP contribution is -2.46. The maximum atomic E-state index is 11.1. The minimum absolute atomic E-state index is 0.250. The Morgan fingerprint density at radius 3 is 2.65 bits per heavy atom. The lowest BCUT2D eigenvalue weighted by Gasteiger charge is -2.33. The van der Waals surface area contributed by atoms with Crippen LogP contribution in [-0.4, -0.2) is 61.6 Å². The van der Waals surface area contributed by atoms with Gasteiger partial charge in [0.1, 0.15) is 5.15 Å². The van der Waals surface area contributed by atoms with E-state index in [4.69, 9.17) is 26.6 Å². The number of aliphatic carboxylic acids is 1. The minimum Gasteiger partial charge on any atom is -0.483 e. The summed E-state index contributed by atoms with van der Waals surface area (Å²) in [5, 5.41) is 30.7. The second-order valence-electron chi connectivity index (χ2n) is 5.33. The molecule has 1 aliphatic rings. The Kier molecular flexibility index (Phi) is 7.47. The second-order valence-corrected chi connectivity index (χ2v) is 5.69. The molecule has 0 amide bonds. The fourth-order valence-corrected chi connectivity index (χ4v) is 2.86. The molecule has 130 valence electrons. The van der Waals surface area contributed by atoms with Gasteiger partial charge < -0.3 is 15.3 Å². The zero-order valence-electron chi connectivity index (χ0n) is 13.1. The molecule has 0 bridgehead atoms. The van der Waals surface area contributed by atoms with Gasteiger partial charge in [-0.3, -0.25) is 19.2 Å². The van der Waals surface area contributed by atoms with Gasteiger partial charge in [0.15, 0.2) is 0 Å². The lowest BCUT2D eigenvalue weighted by atomic mass is 9.94. The molecule has 0 aromatic carbocycles. The van der Waals surface area contributed by atoms with Crippen LogP contribution < -0.4 is 0 Å². The average molecular weight is 348 g/mol. The van der Waals surface area contributed by atoms with Gasteiger partial charge in [-0.1, -0.05) is 18.5 Å². The first-order valence-corrected chi connectivity index (χ1v) is 7.64. The topological polar surface area (TPSA) is 116 Å². The molecule has 0 saturated carbocycles. The zero-order chi connectivity index (χ0) is 17.6. The van der Waals surface area contributed by atoms with E-state index in [9.17, 15) is 9.90 Å². The Bertz CT molecular complexity index is 549. The minimum atomic E-state index is -0.949. The number of aliphatic hydroxyl groups excluding tert-OH is 1. The van der Waals surface area contributed by atoms with Crippen LogP contribution in [0.5, 0.6) is 0 Å². The molecule has 2 atom stereocenters. The molecule has 1 aromatic rings. The third-order valence-electron chi connectivity index (χ3n) is 3.85. The number of hydrogen-bond donors (Lipinski definition) is 3. The quantitative estimate of drug-likeness (QED) is 0.683. The highest BCUT2D eigenvalue weighted by atomic mass is 35.5. The highest BCUT2D eigenvalue weighted by Gasteiger charge is 2.33. The molecule has 1 saturated heterocycles. The van der Waals surface area contributed by atoms with Crippen molar-refractivity contribution in [1.82, 2.24) is 14.7 Å². The van der Waals surface area contributed by atoms with Crippen LogP contribution in [0.3, 0.4) is 0 Å². The second kappa shape index (κ2) is 8.85. The number of nitrogens with zero attached hydrogens (tertiary/aromatic N) is 3. The predicted molar refractivity (Wildman–Crippen MR) is 83.3 cm³/mol. The fourth-order valence-electron chi connectivity index (χ4n) is 2.66. The van der Waals surface area contributed by atoms with Crippen molar-refractivity contribution in [3.8, 4) is 0 Å². The van der Waals surface area contributed by atoms with E-state index >= 15 is 0 Å². The monoisotopic (exact) mass is 347 g/mol. The number of aliphatic hydroxyl groups is 1. The number of likely N-dealkylation sites (tertiary alicyclic amines) is 1. The van der Waals surface area contributed by atoms with Crippen molar-refractivity contribution in [1.29, 1.82) is 0 Å². The van der Waals surface area contributed by atoms with Gasteiger partial charge in [-0.15, -0.1) is 0 Å². The van der Waals surface area contributed by atoms with Crippen LogP contribution in [0.2, 0.25) is 5.15 Å². The Morgan fingerprint density at radius 1 is 1.52 bits per heavy atom. The third-order valence-corrected chi connectivity index (χ3v) is 4.32. The molecule has 3 N–H and O–H groups in total. The maximum Gasteiger partial charge on any atom is 0.310 e. The molecule has 9 heteroatoms. The Balaban J connectivity index is 0.000000816. The first-order chi connectivity index (χ1) is 10.8. The van der Waals surface area contributed by atoms with E-state index < -0.39 is 18.0 Å². The summed E-state index contributed by atoms with van der Waals surface area (Å²) in [5.74, 6) is -1.68. The van der Waals surface area contributed by atoms with E-state index in [0.29, 0.717) is 31.2 Å². The van der Waals surface area contributed by atoms with Crippen molar-refractivity contribution in [3.63, 3.8) is 0 Å². The molecule has 1 aromatic heterocycles. The number of piperidine rings is 1. The highest BCUT2D eigenvalue weighted by Crippen LogP contribution is 2.25. The lowest BCUT2D eigenvalue weighted by molar-refractivity contribution is -0.149. The summed E-state index contributed by atoms with van der Waals surface area (Å²) in [6.45, 7) is 3.35. The van der Waals surface area contributed by atoms with Crippen LogP contribution in [-0.2, 0) is 29.6 Å². The van der Waals surface area contributed by atoms with Gasteiger partial charge in [-0.2, -0.15) is 5.10 Å². The normalized spacial score (nSPS) is 21.4. The smallest absolute Gasteiger partial charge is 0.310 e. The van der Waals surface area contributed by atoms with Crippen molar-refractivity contribution in [2.75, 3.05) is 13.1 Å². The molecular formula is C14H22ClN3O5. The molecule has 0 spiro atoms. The summed E-state index contributed by atoms with van der Waals surface area (Å²) >= 11 is 6.25. The Labute approximate surface area is 139 Å². The molecule has 1 aliphatic heterocycles. The zero-order valence-corrected chi connectivity index (χ0v) is 13.9. The first kappa shape index (κ1) is 19.4. The van der Waals surface area contributed by atoms with Gasteiger partial charge in [-0.05, 0) is 12.8 Å². The summed E-state index contributed by atoms with van der Waals surface area (Å²) in [6.07, 6.45) is 0.490. The van der Waals surface area contributed by atoms with E-state index in [0.717, 1.165) is 17.7 Å². The van der Waals surface area contributed by atoms with Gasteiger partial charge in [-0.25, -0.2) is 0 Å². The van der Waals surface area contributed by atoms with Crippen LogP contribution in [0.4, 0.5) is 0 Å². The number of hydrogen-bond acceptors (Lipinski definition) is 5. The van der Waals surface area contributed by atoms with Gasteiger partial charge >= 0.3 is 5.97 Å². The van der Waals surface area contributed by atoms with Crippen molar-refractivity contribution < 1.29 is 24.9 Å². The van der Waals surface area contributed by atoms with Crippen LogP contribution >= 0.6 is 11.6 Å². The van der Waals surface area contributed by atoms with Gasteiger partial charge in [0.2, 0.25) is 0 Å².